The molecule has 1 amide bonds. The lowest BCUT2D eigenvalue weighted by Crippen LogP contribution is -2.59. The van der Waals surface area contributed by atoms with Crippen molar-refractivity contribution in [2.24, 2.45) is 5.92 Å². The number of hydrogen-bond acceptors (Lipinski definition) is 6. The van der Waals surface area contributed by atoms with E-state index in [1.165, 1.54) is 11.3 Å². The number of unbranched alkanes of at least 4 members (excludes halogenated alkanes) is 5. The number of carbonyl (C=O) groups is 3. The Labute approximate surface area is 213 Å². The topological polar surface area (TPSA) is 84.9 Å². The Morgan fingerprint density at radius 3 is 2.30 bits per heavy atom. The molecule has 0 aromatic rings. The van der Waals surface area contributed by atoms with Crippen molar-refractivity contribution in [2.75, 3.05) is 26.2 Å². The maximum absolute atomic E-state index is 13.5. The van der Waals surface area contributed by atoms with E-state index in [0.29, 0.717) is 26.1 Å². The van der Waals surface area contributed by atoms with Gasteiger partial charge in [-0.25, -0.2) is 4.79 Å². The molecule has 192 valence electrons. The minimum absolute atomic E-state index is 0.118. The molecule has 33 heavy (non-hydrogen) atoms. The first-order valence-electron chi connectivity index (χ1n) is 11.8. The van der Waals surface area contributed by atoms with Crippen molar-refractivity contribution < 1.29 is 23.9 Å². The summed E-state index contributed by atoms with van der Waals surface area (Å²) >= 11 is 17.0. The van der Waals surface area contributed by atoms with Gasteiger partial charge < -0.3 is 14.8 Å². The van der Waals surface area contributed by atoms with E-state index in [4.69, 9.17) is 44.3 Å². The van der Waals surface area contributed by atoms with Crippen LogP contribution in [0.1, 0.15) is 79.1 Å². The highest BCUT2D eigenvalue weighted by atomic mass is 35.6. The van der Waals surface area contributed by atoms with Crippen molar-refractivity contribution in [3.05, 3.63) is 0 Å². The van der Waals surface area contributed by atoms with E-state index in [9.17, 15) is 14.4 Å². The number of esters is 1. The lowest BCUT2D eigenvalue weighted by molar-refractivity contribution is -0.147. The van der Waals surface area contributed by atoms with Gasteiger partial charge in [-0.05, 0) is 27.2 Å². The first-order chi connectivity index (χ1) is 15.3. The van der Waals surface area contributed by atoms with E-state index < -0.39 is 33.4 Å². The molecule has 1 rings (SSSR count). The van der Waals surface area contributed by atoms with Crippen LogP contribution >= 0.6 is 34.8 Å². The van der Waals surface area contributed by atoms with E-state index in [-0.39, 0.29) is 18.8 Å². The molecule has 0 bridgehead atoms. The fourth-order valence-corrected chi connectivity index (χ4v) is 3.87. The number of nitrogens with one attached hydrogen (secondary N) is 1. The zero-order valence-corrected chi connectivity index (χ0v) is 22.5. The lowest BCUT2D eigenvalue weighted by Gasteiger charge is -2.37. The van der Waals surface area contributed by atoms with Crippen LogP contribution in [-0.2, 0) is 19.1 Å². The molecule has 0 unspecified atom stereocenters. The third kappa shape index (κ3) is 13.1. The summed E-state index contributed by atoms with van der Waals surface area (Å²) in [6.45, 7) is 8.36. The van der Waals surface area contributed by atoms with Gasteiger partial charge in [0.05, 0.1) is 6.42 Å². The standard InChI is InChI=1S/C23H39Cl3N2O5/c1-5-6-7-8-9-10-11-17(14-19(29)32-16-23(24,25)26)20(30)18-15-27-12-13-28(18)21(31)33-22(2,3)4/h17-18,27H,5-16H2,1-4H3/t17-,18+/m1/s1. The maximum Gasteiger partial charge on any atom is 0.410 e. The summed E-state index contributed by atoms with van der Waals surface area (Å²) in [4.78, 5) is 40.1. The molecule has 2 atom stereocenters. The largest absolute Gasteiger partial charge is 0.461 e. The third-order valence-corrected chi connectivity index (χ3v) is 5.65. The quantitative estimate of drug-likeness (QED) is 0.206. The van der Waals surface area contributed by atoms with Gasteiger partial charge in [-0.2, -0.15) is 0 Å². The number of alkyl halides is 3. The molecule has 1 heterocycles. The third-order valence-electron chi connectivity index (χ3n) is 5.32. The summed E-state index contributed by atoms with van der Waals surface area (Å²) in [6, 6.07) is -0.709. The van der Waals surface area contributed by atoms with Gasteiger partial charge in [-0.3, -0.25) is 14.5 Å². The molecule has 0 aromatic carbocycles. The number of Topliss-reactive ketones (excluding diaryl/α,β-unsaturated/α-hetero) is 1. The Bertz CT molecular complexity index is 635. The fourth-order valence-electron chi connectivity index (χ4n) is 3.71. The highest BCUT2D eigenvalue weighted by Crippen LogP contribution is 2.27. The second kappa shape index (κ2) is 14.6. The number of rotatable bonds is 12. The molecular formula is C23H39Cl3N2O5. The Balaban J connectivity index is 2.87. The molecule has 0 radical (unpaired) electrons. The molecule has 10 heteroatoms. The SMILES string of the molecule is CCCCCCCC[C@H](CC(=O)OCC(Cl)(Cl)Cl)C(=O)[C@@H]1CNCCN1C(=O)OC(C)(C)C. The molecule has 0 spiro atoms. The van der Waals surface area contributed by atoms with Crippen molar-refractivity contribution >= 4 is 52.6 Å². The van der Waals surface area contributed by atoms with Crippen molar-refractivity contribution in [1.82, 2.24) is 10.2 Å². The predicted molar refractivity (Wildman–Crippen MR) is 132 cm³/mol. The minimum Gasteiger partial charge on any atom is -0.461 e. The molecule has 1 aliphatic heterocycles. The Kier molecular flexibility index (Phi) is 13.4. The Hall–Kier alpha value is -0.760. The molecule has 0 aromatic heterocycles. The predicted octanol–water partition coefficient (Wildman–Crippen LogP) is 5.43. The first-order valence-corrected chi connectivity index (χ1v) is 12.9. The molecule has 1 saturated heterocycles. The first kappa shape index (κ1) is 30.3. The van der Waals surface area contributed by atoms with Crippen LogP contribution in [0, 0.1) is 5.92 Å². The van der Waals surface area contributed by atoms with Crippen molar-refractivity contribution in [2.45, 2.75) is 94.5 Å². The molecule has 0 saturated carbocycles. The van der Waals surface area contributed by atoms with Crippen LogP contribution < -0.4 is 5.32 Å². The number of carbonyl (C=O) groups excluding carboxylic acids is 3. The monoisotopic (exact) mass is 528 g/mol. The van der Waals surface area contributed by atoms with Gasteiger partial charge in [-0.15, -0.1) is 0 Å². The number of nitrogens with zero attached hydrogens (tertiary/aromatic N) is 1. The number of halogens is 3. The Morgan fingerprint density at radius 2 is 1.70 bits per heavy atom. The summed E-state index contributed by atoms with van der Waals surface area (Å²) in [5.74, 6) is -1.36. The van der Waals surface area contributed by atoms with Gasteiger partial charge >= 0.3 is 12.1 Å². The van der Waals surface area contributed by atoms with Crippen LogP contribution in [0.3, 0.4) is 0 Å². The van der Waals surface area contributed by atoms with Gasteiger partial charge in [0, 0.05) is 25.6 Å². The highest BCUT2D eigenvalue weighted by molar-refractivity contribution is 6.67. The minimum atomic E-state index is -1.71. The summed E-state index contributed by atoms with van der Waals surface area (Å²) in [5.41, 5.74) is -0.672. The lowest BCUT2D eigenvalue weighted by atomic mass is 9.88. The summed E-state index contributed by atoms with van der Waals surface area (Å²) < 4.78 is 8.86. The van der Waals surface area contributed by atoms with Crippen LogP contribution in [-0.4, -0.2) is 64.4 Å². The van der Waals surface area contributed by atoms with Crippen molar-refractivity contribution in [3.63, 3.8) is 0 Å². The normalized spacial score (nSPS) is 18.0. The average Bonchev–Trinajstić information content (AvgIpc) is 2.71. The molecule has 1 aliphatic rings. The number of ether oxygens (including phenoxy) is 2. The van der Waals surface area contributed by atoms with Crippen LogP contribution in [0.5, 0.6) is 0 Å². The van der Waals surface area contributed by atoms with E-state index in [2.05, 4.69) is 12.2 Å². The smallest absolute Gasteiger partial charge is 0.410 e. The fraction of sp³-hybridized carbons (Fsp3) is 0.870. The van der Waals surface area contributed by atoms with E-state index in [0.717, 1.165) is 32.1 Å². The number of amides is 1. The van der Waals surface area contributed by atoms with Gasteiger partial charge in [0.1, 0.15) is 18.2 Å². The van der Waals surface area contributed by atoms with Crippen molar-refractivity contribution in [3.8, 4) is 0 Å². The van der Waals surface area contributed by atoms with Crippen LogP contribution in [0.15, 0.2) is 0 Å². The summed E-state index contributed by atoms with van der Waals surface area (Å²) in [5, 5.41) is 3.17. The average molecular weight is 530 g/mol. The summed E-state index contributed by atoms with van der Waals surface area (Å²) in [7, 11) is 0. The zero-order chi connectivity index (χ0) is 25.1. The molecule has 1 N–H and O–H groups in total. The number of hydrogen-bond donors (Lipinski definition) is 1. The second-order valence-corrected chi connectivity index (χ2v) is 12.0. The summed E-state index contributed by atoms with van der Waals surface area (Å²) in [6.07, 6.45) is 6.26. The van der Waals surface area contributed by atoms with Crippen LogP contribution in [0.2, 0.25) is 0 Å². The van der Waals surface area contributed by atoms with Crippen LogP contribution in [0.25, 0.3) is 0 Å². The Morgan fingerprint density at radius 1 is 1.06 bits per heavy atom. The van der Waals surface area contributed by atoms with E-state index in [1.807, 2.05) is 0 Å². The van der Waals surface area contributed by atoms with Crippen molar-refractivity contribution in [1.29, 1.82) is 0 Å². The molecule has 7 nitrogen and oxygen atoms in total. The molecular weight excluding hydrogens is 491 g/mol. The maximum atomic E-state index is 13.5. The second-order valence-electron chi connectivity index (χ2n) is 9.53. The van der Waals surface area contributed by atoms with Gasteiger partial charge in [-0.1, -0.05) is 80.3 Å². The van der Waals surface area contributed by atoms with Crippen LogP contribution in [0.4, 0.5) is 4.79 Å². The van der Waals surface area contributed by atoms with Gasteiger partial charge in [0.15, 0.2) is 5.78 Å². The zero-order valence-electron chi connectivity index (χ0n) is 20.3. The molecule has 1 fully saturated rings. The molecule has 0 aliphatic carbocycles. The van der Waals surface area contributed by atoms with E-state index >= 15 is 0 Å². The van der Waals surface area contributed by atoms with Gasteiger partial charge in [0.2, 0.25) is 3.79 Å². The van der Waals surface area contributed by atoms with Gasteiger partial charge in [0.25, 0.3) is 0 Å². The van der Waals surface area contributed by atoms with E-state index in [1.54, 1.807) is 20.8 Å². The number of ketones is 1. The highest BCUT2D eigenvalue weighted by Gasteiger charge is 2.38. The number of piperazine rings is 1.